The van der Waals surface area contributed by atoms with Gasteiger partial charge in [-0.05, 0) is 64.3 Å². The molecule has 0 saturated carbocycles. The van der Waals surface area contributed by atoms with E-state index in [1.807, 2.05) is 58.0 Å². The maximum atomic E-state index is 13.7. The first-order chi connectivity index (χ1) is 21.3. The standard InChI is InChI=1S/C34H36F3N5O2S/c1-21-15-18-42(19-16-26(21)30(43)44-33(3,4)5)32-41-28(24-12-9-13-25(20-24)34(35,36)37)29(45-32)27-14-17-38-31(40-27)39-22(2)23-10-7-6-8-11-23/h6-14,17,20,22,26H,1,15-16,18-19H2,2-5H3,(H,38,39,40). The van der Waals surface area contributed by atoms with Crippen molar-refractivity contribution in [3.05, 3.63) is 90.1 Å². The van der Waals surface area contributed by atoms with Crippen LogP contribution in [-0.2, 0) is 15.7 Å². The monoisotopic (exact) mass is 635 g/mol. The highest BCUT2D eigenvalue weighted by molar-refractivity contribution is 7.19. The Kier molecular flexibility index (Phi) is 9.29. The predicted molar refractivity (Wildman–Crippen MR) is 172 cm³/mol. The number of nitrogens with one attached hydrogen (secondary N) is 1. The molecule has 2 atom stereocenters. The third kappa shape index (κ3) is 7.89. The molecule has 1 aliphatic heterocycles. The number of thiazole rings is 1. The van der Waals surface area contributed by atoms with Crippen molar-refractivity contribution in [3.8, 4) is 21.8 Å². The van der Waals surface area contributed by atoms with E-state index in [0.717, 1.165) is 23.3 Å². The lowest BCUT2D eigenvalue weighted by Gasteiger charge is -2.24. The maximum Gasteiger partial charge on any atom is 0.416 e. The number of carbonyl (C=O) groups excluding carboxylic acids is 1. The van der Waals surface area contributed by atoms with Crippen LogP contribution in [0.5, 0.6) is 0 Å². The van der Waals surface area contributed by atoms with Crippen molar-refractivity contribution >= 4 is 28.4 Å². The highest BCUT2D eigenvalue weighted by Gasteiger charge is 2.33. The summed E-state index contributed by atoms with van der Waals surface area (Å²) in [5.41, 5.74) is 1.75. The van der Waals surface area contributed by atoms with Gasteiger partial charge in [-0.2, -0.15) is 13.2 Å². The van der Waals surface area contributed by atoms with E-state index < -0.39 is 23.3 Å². The number of alkyl halides is 3. The number of esters is 1. The molecule has 0 bridgehead atoms. The fraction of sp³-hybridized carbons (Fsp3) is 0.353. The first-order valence-electron chi connectivity index (χ1n) is 14.8. The van der Waals surface area contributed by atoms with Gasteiger partial charge in [0.15, 0.2) is 5.13 Å². The van der Waals surface area contributed by atoms with Crippen molar-refractivity contribution < 1.29 is 22.7 Å². The van der Waals surface area contributed by atoms with Gasteiger partial charge in [0.05, 0.1) is 33.8 Å². The first kappa shape index (κ1) is 32.2. The second kappa shape index (κ2) is 13.0. The van der Waals surface area contributed by atoms with Crippen molar-refractivity contribution in [2.24, 2.45) is 5.92 Å². The lowest BCUT2D eigenvalue weighted by atomic mass is 9.95. The number of carbonyl (C=O) groups is 1. The van der Waals surface area contributed by atoms with Crippen LogP contribution in [0.25, 0.3) is 21.8 Å². The van der Waals surface area contributed by atoms with Gasteiger partial charge in [0.1, 0.15) is 5.60 Å². The van der Waals surface area contributed by atoms with Crippen LogP contribution < -0.4 is 10.2 Å². The van der Waals surface area contributed by atoms with Crippen LogP contribution in [0.4, 0.5) is 24.3 Å². The predicted octanol–water partition coefficient (Wildman–Crippen LogP) is 8.57. The van der Waals surface area contributed by atoms with Crippen LogP contribution in [0.15, 0.2) is 79.0 Å². The smallest absolute Gasteiger partial charge is 0.416 e. The SMILES string of the molecule is C=C1CCN(c2nc(-c3cccc(C(F)(F)F)c3)c(-c3ccnc(NC(C)c4ccccc4)n3)s2)CCC1C(=O)OC(C)(C)C. The van der Waals surface area contributed by atoms with Gasteiger partial charge in [-0.3, -0.25) is 4.79 Å². The van der Waals surface area contributed by atoms with Gasteiger partial charge < -0.3 is 15.0 Å². The molecular formula is C34H36F3N5O2S. The molecule has 2 unspecified atom stereocenters. The molecule has 0 spiro atoms. The summed E-state index contributed by atoms with van der Waals surface area (Å²) in [6.07, 6.45) is -1.84. The topological polar surface area (TPSA) is 80.2 Å². The van der Waals surface area contributed by atoms with Crippen LogP contribution in [0.3, 0.4) is 0 Å². The average molecular weight is 636 g/mol. The zero-order chi connectivity index (χ0) is 32.4. The molecule has 236 valence electrons. The zero-order valence-electron chi connectivity index (χ0n) is 25.7. The normalized spacial score (nSPS) is 16.6. The number of rotatable bonds is 7. The maximum absolute atomic E-state index is 13.7. The van der Waals surface area contributed by atoms with Gasteiger partial charge in [-0.1, -0.05) is 66.0 Å². The van der Waals surface area contributed by atoms with Gasteiger partial charge in [0.2, 0.25) is 5.95 Å². The van der Waals surface area contributed by atoms with Crippen LogP contribution in [0.2, 0.25) is 0 Å². The summed E-state index contributed by atoms with van der Waals surface area (Å²) in [7, 11) is 0. The Bertz CT molecular complexity index is 1670. The lowest BCUT2D eigenvalue weighted by Crippen LogP contribution is -2.30. The molecule has 3 heterocycles. The quantitative estimate of drug-likeness (QED) is 0.161. The molecule has 1 fully saturated rings. The third-order valence-corrected chi connectivity index (χ3v) is 8.60. The van der Waals surface area contributed by atoms with Crippen molar-refractivity contribution in [2.75, 3.05) is 23.3 Å². The van der Waals surface area contributed by atoms with Gasteiger partial charge >= 0.3 is 12.1 Å². The van der Waals surface area contributed by atoms with E-state index in [1.54, 1.807) is 18.3 Å². The third-order valence-electron chi connectivity index (χ3n) is 7.46. The number of benzene rings is 2. The molecule has 1 aliphatic rings. The van der Waals surface area contributed by atoms with Crippen molar-refractivity contribution in [2.45, 2.75) is 58.4 Å². The van der Waals surface area contributed by atoms with Gasteiger partial charge in [-0.25, -0.2) is 15.0 Å². The van der Waals surface area contributed by atoms with E-state index in [0.29, 0.717) is 58.8 Å². The molecule has 5 rings (SSSR count). The molecule has 0 aliphatic carbocycles. The van der Waals surface area contributed by atoms with Crippen LogP contribution in [0.1, 0.15) is 57.7 Å². The van der Waals surface area contributed by atoms with Gasteiger partial charge in [0.25, 0.3) is 0 Å². The minimum absolute atomic E-state index is 0.0791. The molecule has 0 radical (unpaired) electrons. The molecule has 4 aromatic rings. The lowest BCUT2D eigenvalue weighted by molar-refractivity contribution is -0.158. The molecule has 11 heteroatoms. The molecule has 45 heavy (non-hydrogen) atoms. The summed E-state index contributed by atoms with van der Waals surface area (Å²) in [6.45, 7) is 12.7. The summed E-state index contributed by atoms with van der Waals surface area (Å²) >= 11 is 1.35. The Morgan fingerprint density at radius 3 is 2.53 bits per heavy atom. The number of halogens is 3. The molecule has 2 aromatic heterocycles. The van der Waals surface area contributed by atoms with E-state index in [4.69, 9.17) is 14.7 Å². The summed E-state index contributed by atoms with van der Waals surface area (Å²) in [4.78, 5) is 29.6. The Morgan fingerprint density at radius 1 is 1.07 bits per heavy atom. The molecule has 1 N–H and O–H groups in total. The summed E-state index contributed by atoms with van der Waals surface area (Å²) in [5.74, 6) is -0.358. The minimum atomic E-state index is -4.50. The van der Waals surface area contributed by atoms with E-state index >= 15 is 0 Å². The second-order valence-corrected chi connectivity index (χ2v) is 13.0. The second-order valence-electron chi connectivity index (χ2n) is 12.1. The number of aromatic nitrogens is 3. The van der Waals surface area contributed by atoms with Crippen LogP contribution in [-0.4, -0.2) is 39.6 Å². The molecule has 1 saturated heterocycles. The highest BCUT2D eigenvalue weighted by atomic mass is 32.1. The Hall–Kier alpha value is -4.25. The molecule has 2 aromatic carbocycles. The number of hydrogen-bond acceptors (Lipinski definition) is 8. The van der Waals surface area contributed by atoms with Crippen molar-refractivity contribution in [1.29, 1.82) is 0 Å². The molecule has 7 nitrogen and oxygen atoms in total. The first-order valence-corrected chi connectivity index (χ1v) is 15.6. The van der Waals surface area contributed by atoms with Crippen LogP contribution in [0, 0.1) is 5.92 Å². The Balaban J connectivity index is 1.50. The number of hydrogen-bond donors (Lipinski definition) is 1. The zero-order valence-corrected chi connectivity index (χ0v) is 26.5. The number of nitrogens with zero attached hydrogens (tertiary/aromatic N) is 4. The molecular weight excluding hydrogens is 599 g/mol. The summed E-state index contributed by atoms with van der Waals surface area (Å²) < 4.78 is 46.8. The number of ether oxygens (including phenoxy) is 1. The number of anilines is 2. The van der Waals surface area contributed by atoms with E-state index in [2.05, 4.69) is 21.8 Å². The largest absolute Gasteiger partial charge is 0.460 e. The molecule has 0 amide bonds. The van der Waals surface area contributed by atoms with E-state index in [1.165, 1.54) is 17.4 Å². The van der Waals surface area contributed by atoms with Gasteiger partial charge in [-0.15, -0.1) is 0 Å². The van der Waals surface area contributed by atoms with Gasteiger partial charge in [0, 0.05) is 24.8 Å². The van der Waals surface area contributed by atoms with E-state index in [9.17, 15) is 18.0 Å². The fourth-order valence-electron chi connectivity index (χ4n) is 5.13. The summed E-state index contributed by atoms with van der Waals surface area (Å²) in [6, 6.07) is 16.7. The van der Waals surface area contributed by atoms with Crippen LogP contribution >= 0.6 is 11.3 Å². The average Bonchev–Trinajstić information content (AvgIpc) is 3.34. The van der Waals surface area contributed by atoms with E-state index in [-0.39, 0.29) is 12.0 Å². The van der Waals surface area contributed by atoms with Crippen molar-refractivity contribution in [3.63, 3.8) is 0 Å². The Labute approximate surface area is 265 Å². The summed E-state index contributed by atoms with van der Waals surface area (Å²) in [5, 5.41) is 3.95. The highest BCUT2D eigenvalue weighted by Crippen LogP contribution is 2.42. The van der Waals surface area contributed by atoms with Crippen molar-refractivity contribution in [1.82, 2.24) is 15.0 Å². The Morgan fingerprint density at radius 2 is 1.82 bits per heavy atom. The fourth-order valence-corrected chi connectivity index (χ4v) is 6.24. The minimum Gasteiger partial charge on any atom is -0.460 e.